The van der Waals surface area contributed by atoms with E-state index in [2.05, 4.69) is 38.0 Å². The maximum atomic E-state index is 12.4. The van der Waals surface area contributed by atoms with Gasteiger partial charge in [-0.3, -0.25) is 4.79 Å². The highest BCUT2D eigenvalue weighted by atomic mass is 32.2. The molecule has 30 heavy (non-hydrogen) atoms. The second kappa shape index (κ2) is 9.51. The van der Waals surface area contributed by atoms with Crippen molar-refractivity contribution in [3.63, 3.8) is 0 Å². The summed E-state index contributed by atoms with van der Waals surface area (Å²) in [5.41, 5.74) is 1.96. The molecule has 0 aliphatic carbocycles. The van der Waals surface area contributed by atoms with Crippen molar-refractivity contribution in [2.45, 2.75) is 11.6 Å². The average molecular weight is 439 g/mol. The summed E-state index contributed by atoms with van der Waals surface area (Å²) in [7, 11) is 1.60. The van der Waals surface area contributed by atoms with Gasteiger partial charge in [0.1, 0.15) is 5.75 Å². The Kier molecular flexibility index (Phi) is 6.35. The number of benzene rings is 2. The number of thioether (sulfide) groups is 1. The zero-order valence-electron chi connectivity index (χ0n) is 16.1. The molecule has 10 heteroatoms. The Balaban J connectivity index is 1.34. The second-order valence-corrected chi connectivity index (χ2v) is 8.26. The fraction of sp³-hybridized carbons (Fsp3) is 0.150. The molecule has 0 bridgehead atoms. The van der Waals surface area contributed by atoms with Gasteiger partial charge in [-0.1, -0.05) is 48.2 Å². The molecule has 0 spiro atoms. The number of methoxy groups -OCH3 is 1. The van der Waals surface area contributed by atoms with Gasteiger partial charge < -0.3 is 10.1 Å². The predicted molar refractivity (Wildman–Crippen MR) is 116 cm³/mol. The summed E-state index contributed by atoms with van der Waals surface area (Å²) >= 11 is 2.72. The van der Waals surface area contributed by atoms with Crippen molar-refractivity contribution in [2.24, 2.45) is 0 Å². The standard InChI is InChI=1S/C20H18N6O2S2/c1-28-16-9-5-8-15(11-16)26-20(23-24-25-26)29-13-18(27)22-19-21-12-17(30-19)10-14-6-3-2-4-7-14/h2-9,11-12H,10,13H2,1H3,(H,21,22,27). The predicted octanol–water partition coefficient (Wildman–Crippen LogP) is 3.45. The van der Waals surface area contributed by atoms with Gasteiger partial charge in [0.2, 0.25) is 11.1 Å². The minimum atomic E-state index is -0.166. The van der Waals surface area contributed by atoms with Crippen LogP contribution in [-0.4, -0.2) is 44.0 Å². The lowest BCUT2D eigenvalue weighted by atomic mass is 10.1. The topological polar surface area (TPSA) is 94.8 Å². The number of carbonyl (C=O) groups is 1. The first-order chi connectivity index (χ1) is 14.7. The number of amides is 1. The van der Waals surface area contributed by atoms with Gasteiger partial charge in [-0.2, -0.15) is 4.68 Å². The molecule has 4 rings (SSSR count). The molecule has 0 radical (unpaired) electrons. The summed E-state index contributed by atoms with van der Waals surface area (Å²) in [6.07, 6.45) is 2.59. The molecule has 2 aromatic heterocycles. The first kappa shape index (κ1) is 20.0. The number of aromatic nitrogens is 5. The first-order valence-electron chi connectivity index (χ1n) is 9.05. The fourth-order valence-electron chi connectivity index (χ4n) is 2.70. The van der Waals surface area contributed by atoms with E-state index in [9.17, 15) is 4.79 Å². The largest absolute Gasteiger partial charge is 0.497 e. The van der Waals surface area contributed by atoms with Gasteiger partial charge >= 0.3 is 0 Å². The van der Waals surface area contributed by atoms with E-state index in [1.807, 2.05) is 42.5 Å². The van der Waals surface area contributed by atoms with Crippen LogP contribution in [0.5, 0.6) is 5.75 Å². The van der Waals surface area contributed by atoms with Crippen molar-refractivity contribution < 1.29 is 9.53 Å². The Morgan fingerprint density at radius 2 is 2.07 bits per heavy atom. The smallest absolute Gasteiger partial charge is 0.236 e. The molecule has 1 N–H and O–H groups in total. The van der Waals surface area contributed by atoms with Gasteiger partial charge in [0, 0.05) is 23.6 Å². The normalized spacial score (nSPS) is 10.7. The van der Waals surface area contributed by atoms with Crippen molar-refractivity contribution in [3.8, 4) is 11.4 Å². The maximum absolute atomic E-state index is 12.4. The summed E-state index contributed by atoms with van der Waals surface area (Å²) < 4.78 is 6.81. The number of hydrogen-bond acceptors (Lipinski definition) is 8. The Bertz CT molecular complexity index is 1130. The summed E-state index contributed by atoms with van der Waals surface area (Å²) in [5.74, 6) is 0.699. The maximum Gasteiger partial charge on any atom is 0.236 e. The third kappa shape index (κ3) is 5.02. The molecule has 8 nitrogen and oxygen atoms in total. The third-order valence-electron chi connectivity index (χ3n) is 4.09. The van der Waals surface area contributed by atoms with Crippen molar-refractivity contribution in [1.29, 1.82) is 0 Å². The van der Waals surface area contributed by atoms with Crippen LogP contribution in [0.4, 0.5) is 5.13 Å². The number of thiazole rings is 1. The quantitative estimate of drug-likeness (QED) is 0.421. The number of nitrogens with one attached hydrogen (secondary N) is 1. The number of tetrazole rings is 1. The Morgan fingerprint density at radius 3 is 2.90 bits per heavy atom. The van der Waals surface area contributed by atoms with Crippen LogP contribution in [0.25, 0.3) is 5.69 Å². The average Bonchev–Trinajstić information content (AvgIpc) is 3.42. The van der Waals surface area contributed by atoms with Crippen LogP contribution in [0.15, 0.2) is 66.0 Å². The molecule has 1 amide bonds. The van der Waals surface area contributed by atoms with Crippen molar-refractivity contribution in [2.75, 3.05) is 18.2 Å². The lowest BCUT2D eigenvalue weighted by Gasteiger charge is -2.06. The number of ether oxygens (including phenoxy) is 1. The van der Waals surface area contributed by atoms with E-state index < -0.39 is 0 Å². The zero-order valence-corrected chi connectivity index (χ0v) is 17.7. The highest BCUT2D eigenvalue weighted by molar-refractivity contribution is 7.99. The Labute approximate surface area is 181 Å². The van der Waals surface area contributed by atoms with Gasteiger partial charge in [0.05, 0.1) is 18.6 Å². The van der Waals surface area contributed by atoms with E-state index in [4.69, 9.17) is 4.74 Å². The molecule has 0 atom stereocenters. The van der Waals surface area contributed by atoms with Crippen LogP contribution in [0.3, 0.4) is 0 Å². The lowest BCUT2D eigenvalue weighted by molar-refractivity contribution is -0.113. The van der Waals surface area contributed by atoms with E-state index in [-0.39, 0.29) is 11.7 Å². The molecule has 2 aromatic carbocycles. The summed E-state index contributed by atoms with van der Waals surface area (Å²) in [4.78, 5) is 17.7. The van der Waals surface area contributed by atoms with E-state index in [0.717, 1.165) is 17.0 Å². The van der Waals surface area contributed by atoms with Crippen molar-refractivity contribution in [3.05, 3.63) is 71.2 Å². The summed E-state index contributed by atoms with van der Waals surface area (Å²) in [5, 5.41) is 15.7. The molecule has 0 saturated carbocycles. The van der Waals surface area contributed by atoms with Crippen LogP contribution >= 0.6 is 23.1 Å². The van der Waals surface area contributed by atoms with Gasteiger partial charge in [0.15, 0.2) is 5.13 Å². The Hall–Kier alpha value is -3.24. The highest BCUT2D eigenvalue weighted by Crippen LogP contribution is 2.23. The molecule has 0 unspecified atom stereocenters. The Morgan fingerprint density at radius 1 is 1.20 bits per heavy atom. The molecule has 0 saturated heterocycles. The molecule has 4 aromatic rings. The van der Waals surface area contributed by atoms with Crippen LogP contribution in [-0.2, 0) is 11.2 Å². The molecule has 152 valence electrons. The van der Waals surface area contributed by atoms with Crippen LogP contribution in [0.2, 0.25) is 0 Å². The van der Waals surface area contributed by atoms with Crippen molar-refractivity contribution >= 4 is 34.1 Å². The highest BCUT2D eigenvalue weighted by Gasteiger charge is 2.13. The molecule has 0 aliphatic rings. The minimum Gasteiger partial charge on any atom is -0.497 e. The van der Waals surface area contributed by atoms with Crippen LogP contribution in [0.1, 0.15) is 10.4 Å². The monoisotopic (exact) mass is 438 g/mol. The summed E-state index contributed by atoms with van der Waals surface area (Å²) in [6, 6.07) is 17.5. The third-order valence-corrected chi connectivity index (χ3v) is 5.92. The zero-order chi connectivity index (χ0) is 20.8. The van der Waals surface area contributed by atoms with E-state index >= 15 is 0 Å². The minimum absolute atomic E-state index is 0.165. The van der Waals surface area contributed by atoms with Crippen LogP contribution < -0.4 is 10.1 Å². The number of nitrogens with zero attached hydrogens (tertiary/aromatic N) is 5. The number of carbonyl (C=O) groups excluding carboxylic acids is 1. The summed E-state index contributed by atoms with van der Waals surface area (Å²) in [6.45, 7) is 0. The van der Waals surface area contributed by atoms with E-state index in [0.29, 0.717) is 16.0 Å². The second-order valence-electron chi connectivity index (χ2n) is 6.21. The number of anilines is 1. The lowest BCUT2D eigenvalue weighted by Crippen LogP contribution is -2.14. The van der Waals surface area contributed by atoms with E-state index in [1.54, 1.807) is 18.0 Å². The number of rotatable bonds is 8. The molecule has 0 aliphatic heterocycles. The van der Waals surface area contributed by atoms with Gasteiger partial charge in [-0.05, 0) is 28.1 Å². The molecule has 2 heterocycles. The van der Waals surface area contributed by atoms with E-state index in [1.165, 1.54) is 28.7 Å². The fourth-order valence-corrected chi connectivity index (χ4v) is 4.26. The first-order valence-corrected chi connectivity index (χ1v) is 10.9. The molecule has 0 fully saturated rings. The number of hydrogen-bond donors (Lipinski definition) is 1. The van der Waals surface area contributed by atoms with Gasteiger partial charge in [0.25, 0.3) is 0 Å². The molecular weight excluding hydrogens is 420 g/mol. The van der Waals surface area contributed by atoms with Crippen LogP contribution in [0, 0.1) is 0 Å². The van der Waals surface area contributed by atoms with Gasteiger partial charge in [-0.15, -0.1) is 16.4 Å². The van der Waals surface area contributed by atoms with Gasteiger partial charge in [-0.25, -0.2) is 4.98 Å². The van der Waals surface area contributed by atoms with Crippen molar-refractivity contribution in [1.82, 2.24) is 25.2 Å². The SMILES string of the molecule is COc1cccc(-n2nnnc2SCC(=O)Nc2ncc(Cc3ccccc3)s2)c1. The molecular formula is C20H18N6O2S2.